The highest BCUT2D eigenvalue weighted by Gasteiger charge is 2.48. The number of fused-ring (bicyclic) bond motifs is 2. The minimum atomic E-state index is -0.906. The van der Waals surface area contributed by atoms with Crippen LogP contribution in [-0.4, -0.2) is 41.6 Å². The van der Waals surface area contributed by atoms with E-state index in [1.165, 1.54) is 16.2 Å². The number of rotatable bonds is 6. The molecule has 0 aliphatic carbocycles. The molecular weight excluding hydrogens is 516 g/mol. The van der Waals surface area contributed by atoms with Crippen molar-refractivity contribution in [3.8, 4) is 17.2 Å². The van der Waals surface area contributed by atoms with Gasteiger partial charge >= 0.3 is 5.91 Å². The summed E-state index contributed by atoms with van der Waals surface area (Å²) >= 11 is 1.28. The summed E-state index contributed by atoms with van der Waals surface area (Å²) in [7, 11) is 1.58. The second-order valence-corrected chi connectivity index (χ2v) is 10.5. The molecular formula is C30H26N2O6S. The second-order valence-electron chi connectivity index (χ2n) is 9.46. The maximum atomic E-state index is 13.6. The van der Waals surface area contributed by atoms with Gasteiger partial charge in [0.25, 0.3) is 5.78 Å². The van der Waals surface area contributed by atoms with E-state index in [1.54, 1.807) is 37.4 Å². The first kappa shape index (κ1) is 24.9. The van der Waals surface area contributed by atoms with E-state index in [4.69, 9.17) is 14.2 Å². The van der Waals surface area contributed by atoms with E-state index in [0.29, 0.717) is 46.3 Å². The Hall–Kier alpha value is -4.37. The van der Waals surface area contributed by atoms with E-state index in [1.807, 2.05) is 44.2 Å². The molecule has 8 nitrogen and oxygen atoms in total. The third kappa shape index (κ3) is 4.28. The highest BCUT2D eigenvalue weighted by Crippen LogP contribution is 2.45. The van der Waals surface area contributed by atoms with Crippen molar-refractivity contribution < 1.29 is 28.9 Å². The molecule has 1 N–H and O–H groups in total. The van der Waals surface area contributed by atoms with E-state index >= 15 is 0 Å². The van der Waals surface area contributed by atoms with Crippen LogP contribution in [0.3, 0.4) is 0 Å². The largest absolute Gasteiger partial charge is 0.507 e. The van der Waals surface area contributed by atoms with Gasteiger partial charge in [0.05, 0.1) is 35.5 Å². The number of aliphatic hydroxyl groups excluding tert-OH is 1. The monoisotopic (exact) mass is 542 g/mol. The zero-order chi connectivity index (χ0) is 27.3. The number of nitrogens with zero attached hydrogens (tertiary/aromatic N) is 2. The van der Waals surface area contributed by atoms with Crippen molar-refractivity contribution in [3.63, 3.8) is 0 Å². The lowest BCUT2D eigenvalue weighted by Gasteiger charge is -2.23. The molecule has 2 aliphatic heterocycles. The number of methoxy groups -OCH3 is 1. The fraction of sp³-hybridized carbons (Fsp3) is 0.233. The molecule has 2 aliphatic rings. The Labute approximate surface area is 229 Å². The van der Waals surface area contributed by atoms with E-state index in [9.17, 15) is 14.7 Å². The molecule has 9 heteroatoms. The van der Waals surface area contributed by atoms with Crippen molar-refractivity contribution in [3.05, 3.63) is 82.9 Å². The van der Waals surface area contributed by atoms with Crippen LogP contribution in [0.5, 0.6) is 17.2 Å². The summed E-state index contributed by atoms with van der Waals surface area (Å²) in [6, 6.07) is 17.1. The molecule has 0 spiro atoms. The van der Waals surface area contributed by atoms with Gasteiger partial charge in [-0.2, -0.15) is 0 Å². The number of hydrogen-bond donors (Lipinski definition) is 1. The lowest BCUT2D eigenvalue weighted by Crippen LogP contribution is -2.29. The molecule has 0 saturated carbocycles. The molecule has 1 fully saturated rings. The molecule has 4 aromatic rings. The van der Waals surface area contributed by atoms with Crippen molar-refractivity contribution in [2.45, 2.75) is 32.4 Å². The van der Waals surface area contributed by atoms with E-state index in [2.05, 4.69) is 4.98 Å². The molecule has 198 valence electrons. The summed E-state index contributed by atoms with van der Waals surface area (Å²) in [4.78, 5) is 33.2. The Morgan fingerprint density at radius 2 is 1.97 bits per heavy atom. The number of Topliss-reactive ketones (excluding diaryl/α,β-unsaturated/α-hetero) is 1. The molecule has 0 bridgehead atoms. The topological polar surface area (TPSA) is 98.2 Å². The molecule has 0 unspecified atom stereocenters. The van der Waals surface area contributed by atoms with E-state index in [0.717, 1.165) is 16.0 Å². The van der Waals surface area contributed by atoms with Crippen LogP contribution in [0.1, 0.15) is 36.6 Å². The van der Waals surface area contributed by atoms with Gasteiger partial charge in [0.1, 0.15) is 29.1 Å². The van der Waals surface area contributed by atoms with Gasteiger partial charge in [-0.3, -0.25) is 14.5 Å². The number of aliphatic hydroxyl groups is 1. The quantitative estimate of drug-likeness (QED) is 0.191. The lowest BCUT2D eigenvalue weighted by atomic mass is 9.94. The molecule has 1 aromatic heterocycles. The molecule has 1 amide bonds. The third-order valence-electron chi connectivity index (χ3n) is 6.89. The van der Waals surface area contributed by atoms with Gasteiger partial charge in [-0.25, -0.2) is 4.98 Å². The standard InChI is InChI=1S/C30H26N2O6S/c1-4-37-21-7-5-6-17(14-21)26-25(27(33)18-8-11-23-19(13-18)12-16(2)38-23)28(34)29(35)32(26)30-31-22-10-9-20(36-3)15-24(22)39-30/h5-11,13-16,26,33H,4,12H2,1-3H3/b27-25+/t16-,26+/m0/s1. The summed E-state index contributed by atoms with van der Waals surface area (Å²) in [5.74, 6) is 0.237. The Bertz CT molecular complexity index is 1660. The average Bonchev–Trinajstić information content (AvgIpc) is 3.60. The van der Waals surface area contributed by atoms with Crippen molar-refractivity contribution in [1.29, 1.82) is 0 Å². The van der Waals surface area contributed by atoms with Crippen LogP contribution >= 0.6 is 11.3 Å². The summed E-state index contributed by atoms with van der Waals surface area (Å²) < 4.78 is 17.6. The molecule has 3 heterocycles. The number of thiazole rings is 1. The lowest BCUT2D eigenvalue weighted by molar-refractivity contribution is -0.132. The normalized spacial score (nSPS) is 19.8. The Kier molecular flexibility index (Phi) is 6.23. The van der Waals surface area contributed by atoms with Crippen LogP contribution in [-0.2, 0) is 16.0 Å². The van der Waals surface area contributed by atoms with Gasteiger partial charge in [0, 0.05) is 12.0 Å². The number of amides is 1. The fourth-order valence-corrected chi connectivity index (χ4v) is 6.15. The predicted molar refractivity (Wildman–Crippen MR) is 149 cm³/mol. The number of carbonyl (C=O) groups excluding carboxylic acids is 2. The zero-order valence-electron chi connectivity index (χ0n) is 21.6. The summed E-state index contributed by atoms with van der Waals surface area (Å²) in [5, 5.41) is 11.9. The molecule has 6 rings (SSSR count). The molecule has 3 aromatic carbocycles. The Morgan fingerprint density at radius 1 is 1.13 bits per heavy atom. The smallest absolute Gasteiger partial charge is 0.301 e. The first-order valence-corrected chi connectivity index (χ1v) is 13.5. The second kappa shape index (κ2) is 9.74. The first-order valence-electron chi connectivity index (χ1n) is 12.7. The first-order chi connectivity index (χ1) is 18.9. The number of benzene rings is 3. The maximum absolute atomic E-state index is 13.6. The highest BCUT2D eigenvalue weighted by atomic mass is 32.1. The summed E-state index contributed by atoms with van der Waals surface area (Å²) in [6.07, 6.45) is 0.724. The number of anilines is 1. The van der Waals surface area contributed by atoms with E-state index < -0.39 is 17.7 Å². The van der Waals surface area contributed by atoms with Crippen LogP contribution in [0.25, 0.3) is 16.0 Å². The van der Waals surface area contributed by atoms with Crippen LogP contribution in [0.2, 0.25) is 0 Å². The number of carbonyl (C=O) groups is 2. The van der Waals surface area contributed by atoms with Gasteiger partial charge in [0.2, 0.25) is 0 Å². The van der Waals surface area contributed by atoms with Gasteiger partial charge in [-0.1, -0.05) is 23.5 Å². The molecule has 2 atom stereocenters. The zero-order valence-corrected chi connectivity index (χ0v) is 22.5. The summed E-state index contributed by atoms with van der Waals surface area (Å²) in [5.41, 5.74) is 2.68. The van der Waals surface area contributed by atoms with Gasteiger partial charge < -0.3 is 19.3 Å². The molecule has 39 heavy (non-hydrogen) atoms. The van der Waals surface area contributed by atoms with Crippen molar-refractivity contribution in [1.82, 2.24) is 4.98 Å². The number of aromatic nitrogens is 1. The van der Waals surface area contributed by atoms with Crippen molar-refractivity contribution in [2.24, 2.45) is 0 Å². The number of ketones is 1. The van der Waals surface area contributed by atoms with Gasteiger partial charge in [-0.05, 0) is 73.5 Å². The highest BCUT2D eigenvalue weighted by molar-refractivity contribution is 7.22. The minimum Gasteiger partial charge on any atom is -0.507 e. The van der Waals surface area contributed by atoms with Gasteiger partial charge in [0.15, 0.2) is 5.13 Å². The maximum Gasteiger partial charge on any atom is 0.301 e. The van der Waals surface area contributed by atoms with Crippen LogP contribution in [0.15, 0.2) is 66.2 Å². The molecule has 0 radical (unpaired) electrons. The minimum absolute atomic E-state index is 0.00241. The van der Waals surface area contributed by atoms with Crippen LogP contribution < -0.4 is 19.1 Å². The fourth-order valence-electron chi connectivity index (χ4n) is 5.13. The van der Waals surface area contributed by atoms with Crippen LogP contribution in [0, 0.1) is 0 Å². The SMILES string of the molecule is CCOc1cccc([C@@H]2/C(=C(\O)c3ccc4c(c3)C[C@H](C)O4)C(=O)C(=O)N2c2nc3ccc(OC)cc3s2)c1. The predicted octanol–water partition coefficient (Wildman–Crippen LogP) is 5.65. The van der Waals surface area contributed by atoms with E-state index in [-0.39, 0.29) is 17.4 Å². The third-order valence-corrected chi connectivity index (χ3v) is 7.91. The Balaban J connectivity index is 1.53. The van der Waals surface area contributed by atoms with Crippen molar-refractivity contribution >= 4 is 44.1 Å². The number of ether oxygens (including phenoxy) is 3. The number of hydrogen-bond acceptors (Lipinski definition) is 8. The van der Waals surface area contributed by atoms with Crippen LogP contribution in [0.4, 0.5) is 5.13 Å². The summed E-state index contributed by atoms with van der Waals surface area (Å²) in [6.45, 7) is 4.32. The molecule has 1 saturated heterocycles. The van der Waals surface area contributed by atoms with Gasteiger partial charge in [-0.15, -0.1) is 0 Å². The Morgan fingerprint density at radius 3 is 2.77 bits per heavy atom. The van der Waals surface area contributed by atoms with Crippen molar-refractivity contribution in [2.75, 3.05) is 18.6 Å². The average molecular weight is 543 g/mol.